The first-order chi connectivity index (χ1) is 9.19. The Morgan fingerprint density at radius 2 is 1.74 bits per heavy atom. The van der Waals surface area contributed by atoms with Crippen LogP contribution >= 0.6 is 22.6 Å². The number of carbonyl (C=O) groups excluding carboxylic acids is 1. The van der Waals surface area contributed by atoms with Gasteiger partial charge in [-0.15, -0.1) is 0 Å². The van der Waals surface area contributed by atoms with Crippen LogP contribution in [-0.2, 0) is 0 Å². The van der Waals surface area contributed by atoms with Crippen molar-refractivity contribution < 1.29 is 4.79 Å². The van der Waals surface area contributed by atoms with Gasteiger partial charge in [0.1, 0.15) is 0 Å². The molecule has 0 radical (unpaired) electrons. The fraction of sp³-hybridized carbons (Fsp3) is 0.562. The van der Waals surface area contributed by atoms with Gasteiger partial charge in [-0.2, -0.15) is 0 Å². The van der Waals surface area contributed by atoms with Gasteiger partial charge in [-0.05, 0) is 71.5 Å². The fourth-order valence-corrected chi connectivity index (χ4v) is 3.14. The minimum Gasteiger partial charge on any atom is -0.352 e. The molecule has 0 atom stereocenters. The quantitative estimate of drug-likeness (QED) is 0.789. The SMILES string of the molecule is CCC1CCC(CNC(=O)c2ccc(I)cc2)CC1. The summed E-state index contributed by atoms with van der Waals surface area (Å²) >= 11 is 2.25. The molecular weight excluding hydrogens is 349 g/mol. The van der Waals surface area contributed by atoms with Crippen LogP contribution in [0.25, 0.3) is 0 Å². The highest BCUT2D eigenvalue weighted by molar-refractivity contribution is 14.1. The van der Waals surface area contributed by atoms with Gasteiger partial charge in [0.05, 0.1) is 0 Å². The summed E-state index contributed by atoms with van der Waals surface area (Å²) in [5, 5.41) is 3.08. The van der Waals surface area contributed by atoms with E-state index >= 15 is 0 Å². The fourth-order valence-electron chi connectivity index (χ4n) is 2.78. The summed E-state index contributed by atoms with van der Waals surface area (Å²) in [4.78, 5) is 12.0. The average Bonchev–Trinajstić information content (AvgIpc) is 2.46. The van der Waals surface area contributed by atoms with E-state index < -0.39 is 0 Å². The second-order valence-corrected chi connectivity index (χ2v) is 6.76. The lowest BCUT2D eigenvalue weighted by atomic mass is 9.81. The van der Waals surface area contributed by atoms with Crippen LogP contribution in [0.1, 0.15) is 49.4 Å². The lowest BCUT2D eigenvalue weighted by Gasteiger charge is -2.27. The molecule has 1 aromatic rings. The molecule has 1 fully saturated rings. The zero-order valence-corrected chi connectivity index (χ0v) is 13.7. The van der Waals surface area contributed by atoms with Crippen molar-refractivity contribution in [1.29, 1.82) is 0 Å². The summed E-state index contributed by atoms with van der Waals surface area (Å²) in [7, 11) is 0. The standard InChI is InChI=1S/C16H22INO/c1-2-12-3-5-13(6-4-12)11-18-16(19)14-7-9-15(17)10-8-14/h7-10,12-13H,2-6,11H2,1H3,(H,18,19). The van der Waals surface area contributed by atoms with Crippen molar-refractivity contribution in [3.05, 3.63) is 33.4 Å². The largest absolute Gasteiger partial charge is 0.352 e. The zero-order chi connectivity index (χ0) is 13.7. The molecule has 0 unspecified atom stereocenters. The van der Waals surface area contributed by atoms with Crippen molar-refractivity contribution in [1.82, 2.24) is 5.32 Å². The summed E-state index contributed by atoms with van der Waals surface area (Å²) in [6.45, 7) is 3.12. The van der Waals surface area contributed by atoms with Crippen LogP contribution < -0.4 is 5.32 Å². The van der Waals surface area contributed by atoms with Gasteiger partial charge in [0.25, 0.3) is 5.91 Å². The number of hydrogen-bond acceptors (Lipinski definition) is 1. The molecule has 1 N–H and O–H groups in total. The third-order valence-corrected chi connectivity index (χ3v) is 4.92. The van der Waals surface area contributed by atoms with Crippen LogP contribution in [-0.4, -0.2) is 12.5 Å². The van der Waals surface area contributed by atoms with Crippen LogP contribution in [0.3, 0.4) is 0 Å². The molecule has 1 aliphatic carbocycles. The van der Waals surface area contributed by atoms with E-state index in [4.69, 9.17) is 0 Å². The monoisotopic (exact) mass is 371 g/mol. The molecule has 1 saturated carbocycles. The van der Waals surface area contributed by atoms with Crippen molar-refractivity contribution in [2.75, 3.05) is 6.54 Å². The molecule has 19 heavy (non-hydrogen) atoms. The normalized spacial score (nSPS) is 23.1. The number of rotatable bonds is 4. The van der Waals surface area contributed by atoms with E-state index in [1.54, 1.807) is 0 Å². The Balaban J connectivity index is 1.76. The van der Waals surface area contributed by atoms with Crippen LogP contribution in [0.15, 0.2) is 24.3 Å². The molecule has 3 heteroatoms. The summed E-state index contributed by atoms with van der Waals surface area (Å²) in [6.07, 6.45) is 6.51. The first kappa shape index (κ1) is 14.8. The first-order valence-corrected chi connectivity index (χ1v) is 8.30. The van der Waals surface area contributed by atoms with E-state index in [0.717, 1.165) is 21.6 Å². The van der Waals surface area contributed by atoms with Crippen molar-refractivity contribution in [3.63, 3.8) is 0 Å². The highest BCUT2D eigenvalue weighted by atomic mass is 127. The third-order valence-electron chi connectivity index (χ3n) is 4.20. The van der Waals surface area contributed by atoms with E-state index in [2.05, 4.69) is 34.8 Å². The number of benzene rings is 1. The number of nitrogens with one attached hydrogen (secondary N) is 1. The predicted octanol–water partition coefficient (Wildman–Crippen LogP) is 4.24. The molecule has 1 aromatic carbocycles. The third kappa shape index (κ3) is 4.48. The van der Waals surface area contributed by atoms with Crippen molar-refractivity contribution in [3.8, 4) is 0 Å². The predicted molar refractivity (Wildman–Crippen MR) is 87.2 cm³/mol. The zero-order valence-electron chi connectivity index (χ0n) is 11.5. The molecule has 0 bridgehead atoms. The van der Waals surface area contributed by atoms with Gasteiger partial charge >= 0.3 is 0 Å². The molecule has 0 heterocycles. The highest BCUT2D eigenvalue weighted by Crippen LogP contribution is 2.30. The summed E-state index contributed by atoms with van der Waals surface area (Å²) in [5.74, 6) is 1.66. The minimum atomic E-state index is 0.0639. The molecule has 0 aromatic heterocycles. The van der Waals surface area contributed by atoms with Crippen LogP contribution in [0, 0.1) is 15.4 Å². The molecule has 2 nitrogen and oxygen atoms in total. The van der Waals surface area contributed by atoms with Crippen molar-refractivity contribution in [2.24, 2.45) is 11.8 Å². The van der Waals surface area contributed by atoms with Gasteiger partial charge in [-0.25, -0.2) is 0 Å². The van der Waals surface area contributed by atoms with Crippen LogP contribution in [0.2, 0.25) is 0 Å². The van der Waals surface area contributed by atoms with Crippen LogP contribution in [0.4, 0.5) is 0 Å². The van der Waals surface area contributed by atoms with E-state index in [9.17, 15) is 4.79 Å². The number of carbonyl (C=O) groups is 1. The Morgan fingerprint density at radius 1 is 1.16 bits per heavy atom. The van der Waals surface area contributed by atoms with Crippen molar-refractivity contribution >= 4 is 28.5 Å². The van der Waals surface area contributed by atoms with Gasteiger partial charge in [0.15, 0.2) is 0 Å². The number of halogens is 1. The Morgan fingerprint density at radius 3 is 2.32 bits per heavy atom. The van der Waals surface area contributed by atoms with Gasteiger partial charge in [0.2, 0.25) is 0 Å². The molecule has 1 amide bonds. The van der Waals surface area contributed by atoms with E-state index in [-0.39, 0.29) is 5.91 Å². The molecule has 1 aliphatic rings. The maximum absolute atomic E-state index is 12.0. The minimum absolute atomic E-state index is 0.0639. The van der Waals surface area contributed by atoms with Gasteiger partial charge in [0, 0.05) is 15.7 Å². The molecule has 2 rings (SSSR count). The second-order valence-electron chi connectivity index (χ2n) is 5.51. The van der Waals surface area contributed by atoms with E-state index in [1.807, 2.05) is 24.3 Å². The molecule has 0 saturated heterocycles. The number of hydrogen-bond donors (Lipinski definition) is 1. The Hall–Kier alpha value is -0.580. The smallest absolute Gasteiger partial charge is 0.251 e. The molecular formula is C16H22INO. The summed E-state index contributed by atoms with van der Waals surface area (Å²) < 4.78 is 1.16. The Kier molecular flexibility index (Phi) is 5.67. The van der Waals surface area contributed by atoms with E-state index in [1.165, 1.54) is 32.1 Å². The van der Waals surface area contributed by atoms with Crippen molar-refractivity contribution in [2.45, 2.75) is 39.0 Å². The summed E-state index contributed by atoms with van der Waals surface area (Å²) in [5.41, 5.74) is 0.766. The summed E-state index contributed by atoms with van der Waals surface area (Å²) in [6, 6.07) is 7.74. The topological polar surface area (TPSA) is 29.1 Å². The molecule has 104 valence electrons. The van der Waals surface area contributed by atoms with Gasteiger partial charge in [-0.1, -0.05) is 26.2 Å². The maximum atomic E-state index is 12.0. The lowest BCUT2D eigenvalue weighted by molar-refractivity contribution is 0.0941. The maximum Gasteiger partial charge on any atom is 0.251 e. The van der Waals surface area contributed by atoms with Crippen LogP contribution in [0.5, 0.6) is 0 Å². The first-order valence-electron chi connectivity index (χ1n) is 7.22. The average molecular weight is 371 g/mol. The van der Waals surface area contributed by atoms with E-state index in [0.29, 0.717) is 5.92 Å². The second kappa shape index (κ2) is 7.27. The van der Waals surface area contributed by atoms with Gasteiger partial charge in [-0.3, -0.25) is 4.79 Å². The number of amides is 1. The lowest BCUT2D eigenvalue weighted by Crippen LogP contribution is -2.31. The highest BCUT2D eigenvalue weighted by Gasteiger charge is 2.20. The molecule has 0 spiro atoms. The molecule has 0 aliphatic heterocycles. The van der Waals surface area contributed by atoms with Gasteiger partial charge < -0.3 is 5.32 Å². The Labute approximate surface area is 129 Å². The Bertz CT molecular complexity index is 407.